The zero-order valence-electron chi connectivity index (χ0n) is 11.9. The van der Waals surface area contributed by atoms with Gasteiger partial charge in [0.1, 0.15) is 0 Å². The highest BCUT2D eigenvalue weighted by atomic mass is 31.2. The molecule has 0 spiro atoms. The fraction of sp³-hybridized carbons (Fsp3) is 0.538. The molecule has 0 bridgehead atoms. The smallest absolute Gasteiger partial charge is 0.363 e. The molecule has 5 nitrogen and oxygen atoms in total. The molecule has 1 rings (SSSR count). The molecular formula is C13H22NO4P. The van der Waals surface area contributed by atoms with Gasteiger partial charge in [0.05, 0.1) is 13.2 Å². The Hall–Kier alpha value is -0.870. The molecule has 0 heterocycles. The molecule has 0 fully saturated rings. The average Bonchev–Trinajstić information content (AvgIpc) is 2.38. The number of hydrogen-bond donors (Lipinski definition) is 1. The molecule has 0 unspecified atom stereocenters. The quantitative estimate of drug-likeness (QED) is 0.781. The van der Waals surface area contributed by atoms with E-state index >= 15 is 0 Å². The van der Waals surface area contributed by atoms with E-state index in [1.54, 1.807) is 26.0 Å². The standard InChI is InChI=1S/C13H22NO4P/c1-5-17-19(16,18-6-2)13(15)11-7-9-12(10-8-11)14(3)4/h7-10,13,15H,5-6H2,1-4H3/t13-/m1/s1. The highest BCUT2D eigenvalue weighted by Gasteiger charge is 2.35. The Labute approximate surface area is 114 Å². The molecule has 19 heavy (non-hydrogen) atoms. The van der Waals surface area contributed by atoms with Crippen LogP contribution in [-0.2, 0) is 13.6 Å². The van der Waals surface area contributed by atoms with Crippen LogP contribution in [0.3, 0.4) is 0 Å². The molecule has 1 N–H and O–H groups in total. The predicted octanol–water partition coefficient (Wildman–Crippen LogP) is 3.01. The minimum absolute atomic E-state index is 0.226. The van der Waals surface area contributed by atoms with E-state index in [0.717, 1.165) is 5.69 Å². The van der Waals surface area contributed by atoms with Crippen LogP contribution in [0.25, 0.3) is 0 Å². The summed E-state index contributed by atoms with van der Waals surface area (Å²) in [5.41, 5.74) is 1.52. The molecule has 0 aliphatic heterocycles. The van der Waals surface area contributed by atoms with Gasteiger partial charge in [-0.1, -0.05) is 12.1 Å². The summed E-state index contributed by atoms with van der Waals surface area (Å²) in [6, 6.07) is 7.15. The predicted molar refractivity (Wildman–Crippen MR) is 76.6 cm³/mol. The summed E-state index contributed by atoms with van der Waals surface area (Å²) < 4.78 is 22.7. The first kappa shape index (κ1) is 16.2. The third-order valence-corrected chi connectivity index (χ3v) is 4.76. The monoisotopic (exact) mass is 287 g/mol. The van der Waals surface area contributed by atoms with Gasteiger partial charge < -0.3 is 19.1 Å². The Morgan fingerprint density at radius 1 is 1.16 bits per heavy atom. The molecule has 0 aliphatic rings. The summed E-state index contributed by atoms with van der Waals surface area (Å²) >= 11 is 0. The fourth-order valence-electron chi connectivity index (χ4n) is 1.67. The molecule has 1 aromatic carbocycles. The minimum Gasteiger partial charge on any atom is -0.378 e. The molecule has 0 saturated heterocycles. The average molecular weight is 287 g/mol. The lowest BCUT2D eigenvalue weighted by molar-refractivity contribution is 0.150. The van der Waals surface area contributed by atoms with Gasteiger partial charge >= 0.3 is 7.60 Å². The number of aliphatic hydroxyl groups is 1. The van der Waals surface area contributed by atoms with Crippen LogP contribution in [0.2, 0.25) is 0 Å². The van der Waals surface area contributed by atoms with Crippen molar-refractivity contribution in [2.75, 3.05) is 32.2 Å². The van der Waals surface area contributed by atoms with Crippen molar-refractivity contribution < 1.29 is 18.7 Å². The van der Waals surface area contributed by atoms with Gasteiger partial charge in [0, 0.05) is 19.8 Å². The van der Waals surface area contributed by atoms with Crippen LogP contribution in [0.4, 0.5) is 5.69 Å². The number of nitrogens with zero attached hydrogens (tertiary/aromatic N) is 1. The normalized spacial score (nSPS) is 13.3. The third kappa shape index (κ3) is 4.05. The van der Waals surface area contributed by atoms with Crippen molar-refractivity contribution in [1.82, 2.24) is 0 Å². The maximum atomic E-state index is 12.4. The van der Waals surface area contributed by atoms with Gasteiger partial charge in [-0.05, 0) is 31.5 Å². The highest BCUT2D eigenvalue weighted by Crippen LogP contribution is 2.59. The zero-order chi connectivity index (χ0) is 14.5. The number of aliphatic hydroxyl groups excluding tert-OH is 1. The molecule has 6 heteroatoms. The Kier molecular flexibility index (Phi) is 6.01. The van der Waals surface area contributed by atoms with Crippen molar-refractivity contribution in [2.45, 2.75) is 19.7 Å². The summed E-state index contributed by atoms with van der Waals surface area (Å²) in [6.45, 7) is 3.88. The first-order valence-corrected chi connectivity index (χ1v) is 7.90. The van der Waals surface area contributed by atoms with Gasteiger partial charge in [0.25, 0.3) is 0 Å². The lowest BCUT2D eigenvalue weighted by Gasteiger charge is -2.23. The summed E-state index contributed by atoms with van der Waals surface area (Å²) in [7, 11) is 0.325. The molecular weight excluding hydrogens is 265 g/mol. The molecule has 1 atom stereocenters. The Morgan fingerprint density at radius 3 is 2.00 bits per heavy atom. The second-order valence-corrected chi connectivity index (χ2v) is 6.32. The van der Waals surface area contributed by atoms with Gasteiger partial charge in [0.15, 0.2) is 5.85 Å². The number of benzene rings is 1. The van der Waals surface area contributed by atoms with Crippen LogP contribution in [-0.4, -0.2) is 32.4 Å². The molecule has 0 amide bonds. The maximum Gasteiger partial charge on any atom is 0.363 e. The van der Waals surface area contributed by atoms with Crippen LogP contribution in [0.1, 0.15) is 25.3 Å². The van der Waals surface area contributed by atoms with Crippen LogP contribution < -0.4 is 4.90 Å². The summed E-state index contributed by atoms with van der Waals surface area (Å²) in [6.07, 6.45) is 0. The second-order valence-electron chi connectivity index (χ2n) is 4.24. The lowest BCUT2D eigenvalue weighted by atomic mass is 10.2. The van der Waals surface area contributed by atoms with Gasteiger partial charge in [0.2, 0.25) is 0 Å². The molecule has 108 valence electrons. The Bertz CT molecular complexity index is 423. The van der Waals surface area contributed by atoms with E-state index in [1.807, 2.05) is 31.1 Å². The van der Waals surface area contributed by atoms with Crippen molar-refractivity contribution in [3.63, 3.8) is 0 Å². The van der Waals surface area contributed by atoms with Crippen LogP contribution in [0.5, 0.6) is 0 Å². The van der Waals surface area contributed by atoms with E-state index in [4.69, 9.17) is 9.05 Å². The van der Waals surface area contributed by atoms with Gasteiger partial charge in [-0.15, -0.1) is 0 Å². The highest BCUT2D eigenvalue weighted by molar-refractivity contribution is 7.54. The topological polar surface area (TPSA) is 59.0 Å². The van der Waals surface area contributed by atoms with Crippen molar-refractivity contribution in [1.29, 1.82) is 0 Å². The molecule has 0 aliphatic carbocycles. The van der Waals surface area contributed by atoms with E-state index in [2.05, 4.69) is 0 Å². The maximum absolute atomic E-state index is 12.4. The van der Waals surface area contributed by atoms with Crippen molar-refractivity contribution in [3.05, 3.63) is 29.8 Å². The summed E-state index contributed by atoms with van der Waals surface area (Å²) in [4.78, 5) is 1.95. The van der Waals surface area contributed by atoms with E-state index < -0.39 is 13.4 Å². The number of rotatable bonds is 7. The van der Waals surface area contributed by atoms with Crippen LogP contribution in [0.15, 0.2) is 24.3 Å². The second kappa shape index (κ2) is 7.06. The SMILES string of the molecule is CCOP(=O)(OCC)[C@@H](O)c1ccc(N(C)C)cc1. The van der Waals surface area contributed by atoms with Crippen LogP contribution >= 0.6 is 7.60 Å². The summed E-state index contributed by atoms with van der Waals surface area (Å²) in [5.74, 6) is -1.26. The van der Waals surface area contributed by atoms with Crippen LogP contribution in [0, 0.1) is 0 Å². The van der Waals surface area contributed by atoms with E-state index in [-0.39, 0.29) is 13.2 Å². The fourth-order valence-corrected chi connectivity index (χ4v) is 3.28. The molecule has 0 radical (unpaired) electrons. The van der Waals surface area contributed by atoms with Crippen molar-refractivity contribution in [3.8, 4) is 0 Å². The third-order valence-electron chi connectivity index (χ3n) is 2.63. The van der Waals surface area contributed by atoms with Gasteiger partial charge in [-0.2, -0.15) is 0 Å². The molecule has 0 aromatic heterocycles. The first-order valence-electron chi connectivity index (χ1n) is 6.28. The summed E-state index contributed by atoms with van der Waals surface area (Å²) in [5, 5.41) is 10.2. The van der Waals surface area contributed by atoms with Gasteiger partial charge in [-0.3, -0.25) is 4.57 Å². The largest absolute Gasteiger partial charge is 0.378 e. The Balaban J connectivity index is 2.96. The zero-order valence-corrected chi connectivity index (χ0v) is 12.8. The number of anilines is 1. The van der Waals surface area contributed by atoms with E-state index in [1.165, 1.54) is 0 Å². The molecule has 1 aromatic rings. The molecule has 0 saturated carbocycles. The van der Waals surface area contributed by atoms with Gasteiger partial charge in [-0.25, -0.2) is 0 Å². The minimum atomic E-state index is -3.53. The van der Waals surface area contributed by atoms with Crippen molar-refractivity contribution >= 4 is 13.3 Å². The van der Waals surface area contributed by atoms with E-state index in [9.17, 15) is 9.67 Å². The van der Waals surface area contributed by atoms with Crippen molar-refractivity contribution in [2.24, 2.45) is 0 Å². The van der Waals surface area contributed by atoms with E-state index in [0.29, 0.717) is 5.56 Å². The lowest BCUT2D eigenvalue weighted by Crippen LogP contribution is -2.09. The number of hydrogen-bond acceptors (Lipinski definition) is 5. The first-order chi connectivity index (χ1) is 8.94. The Morgan fingerprint density at radius 2 is 1.63 bits per heavy atom.